The van der Waals surface area contributed by atoms with E-state index in [0.717, 1.165) is 6.07 Å². The Hall–Kier alpha value is -1.41. The summed E-state index contributed by atoms with van der Waals surface area (Å²) in [5, 5.41) is 0. The number of halogens is 6. The van der Waals surface area contributed by atoms with E-state index in [2.05, 4.69) is 9.72 Å². The topological polar surface area (TPSA) is 22.1 Å². The van der Waals surface area contributed by atoms with Crippen LogP contribution in [0.4, 0.5) is 26.1 Å². The third-order valence-electron chi connectivity index (χ3n) is 1.30. The van der Waals surface area contributed by atoms with Gasteiger partial charge in [0, 0.05) is 6.07 Å². The van der Waals surface area contributed by atoms with Crippen molar-refractivity contribution in [1.29, 1.82) is 0 Å². The van der Waals surface area contributed by atoms with E-state index in [1.807, 2.05) is 0 Å². The van der Waals surface area contributed by atoms with Crippen LogP contribution < -0.4 is 10.3 Å². The summed E-state index contributed by atoms with van der Waals surface area (Å²) < 4.78 is 74.3. The normalized spacial score (nSPS) is 12.7. The number of alkyl halides is 3. The van der Waals surface area contributed by atoms with E-state index >= 15 is 0 Å². The first kappa shape index (κ1) is 11.7. The SMILES string of the molecule is F[B-](F)(F)c1cccc(OC(F)(F)F)n1. The monoisotopic (exact) mass is 230 g/mol. The van der Waals surface area contributed by atoms with Gasteiger partial charge in [-0.1, -0.05) is 12.1 Å². The molecule has 0 saturated carbocycles. The third kappa shape index (κ3) is 3.68. The van der Waals surface area contributed by atoms with E-state index in [1.165, 1.54) is 0 Å². The van der Waals surface area contributed by atoms with E-state index in [4.69, 9.17) is 0 Å². The van der Waals surface area contributed by atoms with Crippen LogP contribution in [-0.2, 0) is 0 Å². The molecule has 0 N–H and O–H groups in total. The molecular weight excluding hydrogens is 227 g/mol. The highest BCUT2D eigenvalue weighted by atomic mass is 19.4. The quantitative estimate of drug-likeness (QED) is 0.572. The number of hydrogen-bond donors (Lipinski definition) is 0. The zero-order valence-electron chi connectivity index (χ0n) is 6.93. The Kier molecular flexibility index (Phi) is 2.82. The second kappa shape index (κ2) is 3.63. The molecule has 0 radical (unpaired) electrons. The van der Waals surface area contributed by atoms with E-state index in [1.54, 1.807) is 0 Å². The van der Waals surface area contributed by atoms with Gasteiger partial charge in [-0.3, -0.25) is 4.98 Å². The van der Waals surface area contributed by atoms with Gasteiger partial charge in [0.05, 0.1) is 0 Å². The first-order valence-electron chi connectivity index (χ1n) is 3.61. The van der Waals surface area contributed by atoms with Gasteiger partial charge in [-0.05, 0) is 5.59 Å². The average Bonchev–Trinajstić information content (AvgIpc) is 1.99. The van der Waals surface area contributed by atoms with E-state index < -0.39 is 24.8 Å². The molecule has 0 unspecified atom stereocenters. The highest BCUT2D eigenvalue weighted by molar-refractivity contribution is 6.72. The van der Waals surface area contributed by atoms with Gasteiger partial charge in [0.2, 0.25) is 5.88 Å². The fourth-order valence-electron chi connectivity index (χ4n) is 0.789. The van der Waals surface area contributed by atoms with Crippen molar-refractivity contribution in [1.82, 2.24) is 4.98 Å². The maximum atomic E-state index is 12.1. The fourth-order valence-corrected chi connectivity index (χ4v) is 0.789. The molecule has 2 nitrogen and oxygen atoms in total. The molecule has 15 heavy (non-hydrogen) atoms. The van der Waals surface area contributed by atoms with E-state index in [-0.39, 0.29) is 0 Å². The van der Waals surface area contributed by atoms with Crippen LogP contribution in [-0.4, -0.2) is 18.3 Å². The Morgan fingerprint density at radius 3 is 2.20 bits per heavy atom. The minimum Gasteiger partial charge on any atom is -0.444 e. The third-order valence-corrected chi connectivity index (χ3v) is 1.30. The Morgan fingerprint density at radius 2 is 1.73 bits per heavy atom. The number of hydrogen-bond acceptors (Lipinski definition) is 2. The van der Waals surface area contributed by atoms with Gasteiger partial charge in [-0.15, -0.1) is 13.2 Å². The molecule has 9 heteroatoms. The van der Waals surface area contributed by atoms with Crippen LogP contribution in [0.2, 0.25) is 0 Å². The van der Waals surface area contributed by atoms with Crippen molar-refractivity contribution in [2.75, 3.05) is 0 Å². The Morgan fingerprint density at radius 1 is 1.13 bits per heavy atom. The smallest absolute Gasteiger partial charge is 0.444 e. The van der Waals surface area contributed by atoms with Crippen molar-refractivity contribution >= 4 is 12.6 Å². The second-order valence-electron chi connectivity index (χ2n) is 2.52. The van der Waals surface area contributed by atoms with Crippen LogP contribution in [0.1, 0.15) is 0 Å². The van der Waals surface area contributed by atoms with Gasteiger partial charge < -0.3 is 17.7 Å². The van der Waals surface area contributed by atoms with E-state index in [9.17, 15) is 26.1 Å². The fraction of sp³-hybridized carbons (Fsp3) is 0.167. The standard InChI is InChI=1S/C6H3BF6NO/c8-6(9,10)15-5-3-1-2-4(14-5)7(11,12)13/h1-3H/q-1. The average molecular weight is 230 g/mol. The number of ether oxygens (including phenoxy) is 1. The highest BCUT2D eigenvalue weighted by Gasteiger charge is 2.33. The van der Waals surface area contributed by atoms with Crippen molar-refractivity contribution in [2.24, 2.45) is 0 Å². The van der Waals surface area contributed by atoms with Gasteiger partial charge in [0.1, 0.15) is 0 Å². The van der Waals surface area contributed by atoms with Gasteiger partial charge >= 0.3 is 13.3 Å². The highest BCUT2D eigenvalue weighted by Crippen LogP contribution is 2.20. The van der Waals surface area contributed by atoms with Crippen LogP contribution in [0, 0.1) is 0 Å². The molecule has 0 amide bonds. The molecule has 0 atom stereocenters. The van der Waals surface area contributed by atoms with Gasteiger partial charge in [-0.25, -0.2) is 0 Å². The Bertz CT molecular complexity index is 348. The summed E-state index contributed by atoms with van der Waals surface area (Å²) >= 11 is 0. The van der Waals surface area contributed by atoms with E-state index in [0.29, 0.717) is 12.1 Å². The van der Waals surface area contributed by atoms with Crippen molar-refractivity contribution in [2.45, 2.75) is 6.36 Å². The summed E-state index contributed by atoms with van der Waals surface area (Å²) in [6.45, 7) is -5.43. The Labute approximate surface area is 79.9 Å². The zero-order valence-corrected chi connectivity index (χ0v) is 6.93. The maximum Gasteiger partial charge on any atom is 0.574 e. The molecule has 0 bridgehead atoms. The van der Waals surface area contributed by atoms with Crippen LogP contribution in [0.5, 0.6) is 5.88 Å². The number of pyridine rings is 1. The summed E-state index contributed by atoms with van der Waals surface area (Å²) in [5.41, 5.74) is -1.38. The van der Waals surface area contributed by atoms with Crippen LogP contribution in [0.15, 0.2) is 18.2 Å². The summed E-state index contributed by atoms with van der Waals surface area (Å²) in [6.07, 6.45) is -5.05. The molecule has 0 spiro atoms. The molecule has 1 aromatic heterocycles. The van der Waals surface area contributed by atoms with Crippen LogP contribution >= 0.6 is 0 Å². The molecule has 84 valence electrons. The molecule has 0 aromatic carbocycles. The molecule has 1 rings (SSSR count). The van der Waals surface area contributed by atoms with Crippen molar-refractivity contribution in [3.63, 3.8) is 0 Å². The van der Waals surface area contributed by atoms with Crippen LogP contribution in [0.25, 0.3) is 0 Å². The first-order valence-corrected chi connectivity index (χ1v) is 3.61. The number of rotatable bonds is 2. The lowest BCUT2D eigenvalue weighted by atomic mass is 9.86. The largest absolute Gasteiger partial charge is 0.574 e. The predicted molar refractivity (Wildman–Crippen MR) is 39.6 cm³/mol. The molecule has 0 saturated heterocycles. The lowest BCUT2D eigenvalue weighted by Crippen LogP contribution is -2.37. The molecule has 0 aliphatic rings. The van der Waals surface area contributed by atoms with Crippen LogP contribution in [0.3, 0.4) is 0 Å². The molecule has 1 heterocycles. The van der Waals surface area contributed by atoms with Crippen molar-refractivity contribution in [3.8, 4) is 5.88 Å². The zero-order chi connectivity index (χ0) is 11.7. The van der Waals surface area contributed by atoms with Crippen molar-refractivity contribution < 1.29 is 30.9 Å². The summed E-state index contributed by atoms with van der Waals surface area (Å²) in [6, 6.07) is 2.06. The minimum absolute atomic E-state index is 0.573. The lowest BCUT2D eigenvalue weighted by Gasteiger charge is -2.15. The minimum atomic E-state index is -5.43. The first-order chi connectivity index (χ1) is 6.68. The summed E-state index contributed by atoms with van der Waals surface area (Å²) in [4.78, 5) is 2.69. The van der Waals surface area contributed by atoms with Gasteiger partial charge in [0.15, 0.2) is 0 Å². The summed E-state index contributed by atoms with van der Waals surface area (Å²) in [7, 11) is 0. The lowest BCUT2D eigenvalue weighted by molar-refractivity contribution is -0.276. The van der Waals surface area contributed by atoms with Gasteiger partial charge in [0.25, 0.3) is 0 Å². The molecular formula is C6H3BF6NO-. The summed E-state index contributed by atoms with van der Waals surface area (Å²) in [5.74, 6) is -1.13. The molecule has 0 fully saturated rings. The number of aromatic nitrogens is 1. The molecule has 0 aliphatic carbocycles. The number of nitrogens with zero attached hydrogens (tertiary/aromatic N) is 1. The molecule has 1 aromatic rings. The molecule has 0 aliphatic heterocycles. The predicted octanol–water partition coefficient (Wildman–Crippen LogP) is 2.03. The maximum absolute atomic E-state index is 12.1. The van der Waals surface area contributed by atoms with Crippen molar-refractivity contribution in [3.05, 3.63) is 18.2 Å². The van der Waals surface area contributed by atoms with Gasteiger partial charge in [-0.2, -0.15) is 0 Å². The Balaban J connectivity index is 2.94. The second-order valence-corrected chi connectivity index (χ2v) is 2.52.